The lowest BCUT2D eigenvalue weighted by molar-refractivity contribution is -0.149. The Kier molecular flexibility index (Phi) is 5.79. The van der Waals surface area contributed by atoms with Crippen LogP contribution in [-0.4, -0.2) is 31.6 Å². The molecule has 0 spiro atoms. The maximum Gasteiger partial charge on any atom is 0.328 e. The fourth-order valence-electron chi connectivity index (χ4n) is 3.38. The fourth-order valence-corrected chi connectivity index (χ4v) is 5.45. The van der Waals surface area contributed by atoms with Crippen LogP contribution >= 0.6 is 0 Å². The topological polar surface area (TPSA) is 89.5 Å². The number of hydrogen-bond acceptors (Lipinski definition) is 5. The highest BCUT2D eigenvalue weighted by molar-refractivity contribution is 7.93. The number of esters is 1. The molecule has 0 saturated heterocycles. The summed E-state index contributed by atoms with van der Waals surface area (Å²) >= 11 is 0. The Morgan fingerprint density at radius 2 is 1.71 bits per heavy atom. The zero-order chi connectivity index (χ0) is 20.2. The average Bonchev–Trinajstić information content (AvgIpc) is 3.19. The van der Waals surface area contributed by atoms with Crippen LogP contribution in [0.3, 0.4) is 0 Å². The van der Waals surface area contributed by atoms with E-state index in [1.54, 1.807) is 18.2 Å². The molecule has 1 aliphatic rings. The van der Waals surface area contributed by atoms with Crippen LogP contribution in [0.1, 0.15) is 25.7 Å². The predicted molar refractivity (Wildman–Crippen MR) is 101 cm³/mol. The molecule has 2 aromatic rings. The number of hydrogen-bond donors (Lipinski definition) is 1. The third-order valence-corrected chi connectivity index (χ3v) is 7.29. The number of anilines is 1. The number of ether oxygens (including phenoxy) is 1. The smallest absolute Gasteiger partial charge is 0.328 e. The van der Waals surface area contributed by atoms with Crippen molar-refractivity contribution >= 4 is 27.4 Å². The van der Waals surface area contributed by atoms with Crippen molar-refractivity contribution in [2.45, 2.75) is 35.3 Å². The molecular formula is C20H20FNO5S. The van der Waals surface area contributed by atoms with Gasteiger partial charge in [0.25, 0.3) is 5.91 Å². The molecule has 0 atom stereocenters. The molecule has 28 heavy (non-hydrogen) atoms. The van der Waals surface area contributed by atoms with Crippen molar-refractivity contribution in [3.8, 4) is 0 Å². The van der Waals surface area contributed by atoms with Crippen molar-refractivity contribution < 1.29 is 27.1 Å². The van der Waals surface area contributed by atoms with E-state index in [4.69, 9.17) is 4.74 Å². The van der Waals surface area contributed by atoms with Crippen molar-refractivity contribution in [2.24, 2.45) is 0 Å². The van der Waals surface area contributed by atoms with Gasteiger partial charge in [0.1, 0.15) is 5.82 Å². The number of carbonyl (C=O) groups is 2. The highest BCUT2D eigenvalue weighted by atomic mass is 32.2. The van der Waals surface area contributed by atoms with Gasteiger partial charge in [-0.2, -0.15) is 0 Å². The van der Waals surface area contributed by atoms with Gasteiger partial charge in [-0.05, 0) is 43.2 Å². The van der Waals surface area contributed by atoms with Gasteiger partial charge in [-0.3, -0.25) is 9.59 Å². The summed E-state index contributed by atoms with van der Waals surface area (Å²) in [4.78, 5) is 24.8. The van der Waals surface area contributed by atoms with Gasteiger partial charge in [-0.15, -0.1) is 0 Å². The lowest BCUT2D eigenvalue weighted by Crippen LogP contribution is -2.46. The lowest BCUT2D eigenvalue weighted by atomic mass is 10.1. The van der Waals surface area contributed by atoms with Gasteiger partial charge in [0.15, 0.2) is 21.2 Å². The lowest BCUT2D eigenvalue weighted by Gasteiger charge is -2.26. The maximum atomic E-state index is 13.2. The van der Waals surface area contributed by atoms with E-state index in [9.17, 15) is 22.4 Å². The molecule has 0 bridgehead atoms. The van der Waals surface area contributed by atoms with Crippen molar-refractivity contribution in [3.05, 3.63) is 60.4 Å². The second-order valence-electron chi connectivity index (χ2n) is 6.65. The van der Waals surface area contributed by atoms with E-state index >= 15 is 0 Å². The van der Waals surface area contributed by atoms with E-state index in [0.29, 0.717) is 12.8 Å². The highest BCUT2D eigenvalue weighted by Crippen LogP contribution is 2.41. The van der Waals surface area contributed by atoms with E-state index in [0.717, 1.165) is 6.07 Å². The van der Waals surface area contributed by atoms with E-state index in [-0.39, 0.29) is 23.4 Å². The molecule has 1 N–H and O–H groups in total. The highest BCUT2D eigenvalue weighted by Gasteiger charge is 2.54. The number of nitrogens with one attached hydrogen (secondary N) is 1. The molecule has 148 valence electrons. The molecule has 1 amide bonds. The summed E-state index contributed by atoms with van der Waals surface area (Å²) in [6.07, 6.45) is 1.45. The van der Waals surface area contributed by atoms with Gasteiger partial charge in [-0.25, -0.2) is 12.8 Å². The van der Waals surface area contributed by atoms with Crippen LogP contribution in [0.5, 0.6) is 0 Å². The maximum absolute atomic E-state index is 13.2. The standard InChI is InChI=1S/C20H20FNO5S/c21-15-7-6-8-16(13-15)22-18(23)14-27-19(24)20(11-4-5-12-20)28(25,26)17-9-2-1-3-10-17/h1-3,6-10,13H,4-5,11-12,14H2,(H,22,23). The minimum Gasteiger partial charge on any atom is -0.454 e. The van der Waals surface area contributed by atoms with Crippen LogP contribution < -0.4 is 5.32 Å². The summed E-state index contributed by atoms with van der Waals surface area (Å²) in [5, 5.41) is 2.41. The third-order valence-electron chi connectivity index (χ3n) is 4.79. The number of sulfone groups is 1. The molecule has 3 rings (SSSR count). The van der Waals surface area contributed by atoms with Gasteiger partial charge in [-0.1, -0.05) is 37.1 Å². The van der Waals surface area contributed by atoms with Crippen molar-refractivity contribution in [1.29, 1.82) is 0 Å². The first-order valence-corrected chi connectivity index (χ1v) is 10.4. The molecule has 0 heterocycles. The fraction of sp³-hybridized carbons (Fsp3) is 0.300. The zero-order valence-electron chi connectivity index (χ0n) is 15.1. The molecule has 0 aromatic heterocycles. The number of rotatable bonds is 6. The van der Waals surface area contributed by atoms with E-state index in [1.807, 2.05) is 0 Å². The molecule has 0 unspecified atom stereocenters. The summed E-state index contributed by atoms with van der Waals surface area (Å²) in [5.74, 6) is -2.12. The molecule has 1 aliphatic carbocycles. The zero-order valence-corrected chi connectivity index (χ0v) is 15.9. The summed E-state index contributed by atoms with van der Waals surface area (Å²) in [6, 6.07) is 13.0. The number of halogens is 1. The van der Waals surface area contributed by atoms with Crippen LogP contribution in [0.15, 0.2) is 59.5 Å². The molecule has 1 fully saturated rings. The van der Waals surface area contributed by atoms with Gasteiger partial charge in [0, 0.05) is 5.69 Å². The van der Waals surface area contributed by atoms with E-state index in [1.165, 1.54) is 30.3 Å². The summed E-state index contributed by atoms with van der Waals surface area (Å²) in [6.45, 7) is -0.651. The van der Waals surface area contributed by atoms with Crippen molar-refractivity contribution in [2.75, 3.05) is 11.9 Å². The Bertz CT molecular complexity index is 969. The molecule has 0 aliphatic heterocycles. The van der Waals surface area contributed by atoms with Crippen LogP contribution in [0.2, 0.25) is 0 Å². The Hall–Kier alpha value is -2.74. The Morgan fingerprint density at radius 1 is 1.04 bits per heavy atom. The third kappa shape index (κ3) is 3.91. The second-order valence-corrected chi connectivity index (χ2v) is 8.91. The minimum atomic E-state index is -3.97. The quantitative estimate of drug-likeness (QED) is 0.746. The number of benzene rings is 2. The minimum absolute atomic E-state index is 0.0538. The Labute approximate surface area is 162 Å². The first-order valence-electron chi connectivity index (χ1n) is 8.87. The van der Waals surface area contributed by atoms with Gasteiger partial charge in [0.05, 0.1) is 4.90 Å². The van der Waals surface area contributed by atoms with Crippen LogP contribution in [0.4, 0.5) is 10.1 Å². The van der Waals surface area contributed by atoms with Gasteiger partial charge >= 0.3 is 5.97 Å². The number of carbonyl (C=O) groups excluding carboxylic acids is 2. The van der Waals surface area contributed by atoms with E-state index in [2.05, 4.69) is 5.32 Å². The van der Waals surface area contributed by atoms with Crippen LogP contribution in [0, 0.1) is 5.82 Å². The van der Waals surface area contributed by atoms with Crippen LogP contribution in [-0.2, 0) is 24.2 Å². The summed E-state index contributed by atoms with van der Waals surface area (Å²) < 4.78 is 42.8. The van der Waals surface area contributed by atoms with Gasteiger partial charge in [0.2, 0.25) is 0 Å². The first kappa shape index (κ1) is 20.0. The largest absolute Gasteiger partial charge is 0.454 e. The summed E-state index contributed by atoms with van der Waals surface area (Å²) in [5.41, 5.74) is 0.216. The molecule has 1 saturated carbocycles. The Morgan fingerprint density at radius 3 is 2.36 bits per heavy atom. The van der Waals surface area contributed by atoms with Crippen molar-refractivity contribution in [3.63, 3.8) is 0 Å². The van der Waals surface area contributed by atoms with Crippen molar-refractivity contribution in [1.82, 2.24) is 0 Å². The molecule has 0 radical (unpaired) electrons. The Balaban J connectivity index is 1.72. The predicted octanol–water partition coefficient (Wildman–Crippen LogP) is 3.09. The van der Waals surface area contributed by atoms with Crippen LogP contribution in [0.25, 0.3) is 0 Å². The molecule has 6 nitrogen and oxygen atoms in total. The monoisotopic (exact) mass is 405 g/mol. The second kappa shape index (κ2) is 8.10. The molecule has 2 aromatic carbocycles. The molecular weight excluding hydrogens is 385 g/mol. The summed E-state index contributed by atoms with van der Waals surface area (Å²) in [7, 11) is -3.97. The SMILES string of the molecule is O=C(COC(=O)C1(S(=O)(=O)c2ccccc2)CCCC1)Nc1cccc(F)c1. The van der Waals surface area contributed by atoms with E-state index < -0.39 is 38.9 Å². The average molecular weight is 405 g/mol. The first-order chi connectivity index (χ1) is 13.3. The molecule has 8 heteroatoms. The van der Waals surface area contributed by atoms with Gasteiger partial charge < -0.3 is 10.1 Å². The number of amides is 1. The normalized spacial score (nSPS) is 15.8.